The lowest BCUT2D eigenvalue weighted by Crippen LogP contribution is -2.32. The van der Waals surface area contributed by atoms with Crippen molar-refractivity contribution < 1.29 is 23.9 Å². The average Bonchev–Trinajstić information content (AvgIpc) is 3.10. The Morgan fingerprint density at radius 3 is 2.67 bits per heavy atom. The maximum Gasteiger partial charge on any atom is 0.353 e. The molecule has 1 aromatic carbocycles. The molecule has 0 aliphatic rings. The lowest BCUT2D eigenvalue weighted by molar-refractivity contribution is -0.137. The molecule has 2 aromatic rings. The number of esters is 1. The van der Waals surface area contributed by atoms with Crippen molar-refractivity contribution in [1.29, 1.82) is 0 Å². The second-order valence-electron chi connectivity index (χ2n) is 4.34. The van der Waals surface area contributed by atoms with Gasteiger partial charge in [0.15, 0.2) is 11.5 Å². The number of ether oxygens (including phenoxy) is 2. The molecule has 2 amide bonds. The van der Waals surface area contributed by atoms with Gasteiger partial charge in [0.25, 0.3) is 0 Å². The SMILES string of the molecule is COc1cc(C=NNC(=O)C(N)=O)ccc1OC(=O)c1cccs1. The van der Waals surface area contributed by atoms with E-state index in [-0.39, 0.29) is 5.75 Å². The first-order valence-corrected chi connectivity index (χ1v) is 7.46. The molecule has 0 fully saturated rings. The van der Waals surface area contributed by atoms with Crippen molar-refractivity contribution in [2.45, 2.75) is 0 Å². The van der Waals surface area contributed by atoms with Crippen LogP contribution < -0.4 is 20.6 Å². The number of hydrogen-bond acceptors (Lipinski definition) is 7. The Balaban J connectivity index is 2.10. The van der Waals surface area contributed by atoms with Gasteiger partial charge in [-0.3, -0.25) is 9.59 Å². The maximum absolute atomic E-state index is 12.0. The number of carbonyl (C=O) groups excluding carboxylic acids is 3. The molecule has 1 aromatic heterocycles. The van der Waals surface area contributed by atoms with Crippen LogP contribution in [0.1, 0.15) is 15.2 Å². The number of hydrogen-bond donors (Lipinski definition) is 2. The molecule has 1 heterocycles. The highest BCUT2D eigenvalue weighted by Crippen LogP contribution is 2.28. The fourth-order valence-electron chi connectivity index (χ4n) is 1.61. The third kappa shape index (κ3) is 4.40. The van der Waals surface area contributed by atoms with Gasteiger partial charge in [0.05, 0.1) is 13.3 Å². The predicted octanol–water partition coefficient (Wildman–Crippen LogP) is 0.911. The molecule has 0 radical (unpaired) electrons. The van der Waals surface area contributed by atoms with Gasteiger partial charge in [0.2, 0.25) is 0 Å². The highest BCUT2D eigenvalue weighted by atomic mass is 32.1. The third-order valence-electron chi connectivity index (χ3n) is 2.72. The second kappa shape index (κ2) is 7.88. The fourth-order valence-corrected chi connectivity index (χ4v) is 2.21. The van der Waals surface area contributed by atoms with E-state index in [0.717, 1.165) is 0 Å². The molecule has 124 valence electrons. The van der Waals surface area contributed by atoms with Crippen LogP contribution in [0.3, 0.4) is 0 Å². The van der Waals surface area contributed by atoms with E-state index >= 15 is 0 Å². The van der Waals surface area contributed by atoms with E-state index in [0.29, 0.717) is 16.2 Å². The minimum Gasteiger partial charge on any atom is -0.493 e. The largest absolute Gasteiger partial charge is 0.493 e. The van der Waals surface area contributed by atoms with E-state index in [4.69, 9.17) is 15.2 Å². The van der Waals surface area contributed by atoms with Gasteiger partial charge < -0.3 is 15.2 Å². The van der Waals surface area contributed by atoms with Crippen molar-refractivity contribution in [2.75, 3.05) is 7.11 Å². The minimum atomic E-state index is -1.14. The second-order valence-corrected chi connectivity index (χ2v) is 5.29. The minimum absolute atomic E-state index is 0.245. The quantitative estimate of drug-likeness (QED) is 0.274. The Kier molecular flexibility index (Phi) is 5.63. The summed E-state index contributed by atoms with van der Waals surface area (Å²) in [7, 11) is 1.42. The zero-order chi connectivity index (χ0) is 17.5. The van der Waals surface area contributed by atoms with Crippen molar-refractivity contribution in [3.05, 3.63) is 46.2 Å². The molecular weight excluding hydrogens is 334 g/mol. The number of carbonyl (C=O) groups is 3. The van der Waals surface area contributed by atoms with Gasteiger partial charge in [-0.2, -0.15) is 5.10 Å². The van der Waals surface area contributed by atoms with E-state index in [1.54, 1.807) is 29.6 Å². The van der Waals surface area contributed by atoms with E-state index in [2.05, 4.69) is 5.10 Å². The molecule has 9 heteroatoms. The summed E-state index contributed by atoms with van der Waals surface area (Å²) in [6.07, 6.45) is 1.29. The number of nitrogens with one attached hydrogen (secondary N) is 1. The van der Waals surface area contributed by atoms with Crippen molar-refractivity contribution >= 4 is 35.3 Å². The molecule has 8 nitrogen and oxygen atoms in total. The lowest BCUT2D eigenvalue weighted by atomic mass is 10.2. The van der Waals surface area contributed by atoms with Crippen LogP contribution in [-0.4, -0.2) is 31.1 Å². The Hall–Kier alpha value is -3.20. The molecule has 0 bridgehead atoms. The molecule has 0 unspecified atom stereocenters. The van der Waals surface area contributed by atoms with Crippen LogP contribution in [0.25, 0.3) is 0 Å². The van der Waals surface area contributed by atoms with Gasteiger partial charge in [-0.05, 0) is 35.2 Å². The lowest BCUT2D eigenvalue weighted by Gasteiger charge is -2.09. The Bertz CT molecular complexity index is 786. The Labute approximate surface area is 140 Å². The summed E-state index contributed by atoms with van der Waals surface area (Å²) < 4.78 is 10.5. The third-order valence-corrected chi connectivity index (χ3v) is 3.57. The summed E-state index contributed by atoms with van der Waals surface area (Å²) in [6, 6.07) is 8.08. The van der Waals surface area contributed by atoms with Crippen LogP contribution in [0.5, 0.6) is 11.5 Å². The van der Waals surface area contributed by atoms with Gasteiger partial charge in [0.1, 0.15) is 4.88 Å². The molecule has 2 rings (SSSR count). The maximum atomic E-state index is 12.0. The summed E-state index contributed by atoms with van der Waals surface area (Å²) in [5.41, 5.74) is 7.29. The number of nitrogens with two attached hydrogens (primary N) is 1. The molecule has 0 saturated heterocycles. The predicted molar refractivity (Wildman–Crippen MR) is 87.2 cm³/mol. The van der Waals surface area contributed by atoms with Gasteiger partial charge >= 0.3 is 17.8 Å². The van der Waals surface area contributed by atoms with Crippen LogP contribution in [0, 0.1) is 0 Å². The Morgan fingerprint density at radius 1 is 1.25 bits per heavy atom. The summed E-state index contributed by atoms with van der Waals surface area (Å²) >= 11 is 1.27. The van der Waals surface area contributed by atoms with E-state index in [9.17, 15) is 14.4 Å². The topological polar surface area (TPSA) is 120 Å². The van der Waals surface area contributed by atoms with Crippen LogP contribution in [0.15, 0.2) is 40.8 Å². The number of rotatable bonds is 5. The number of methoxy groups -OCH3 is 1. The zero-order valence-corrected chi connectivity index (χ0v) is 13.3. The van der Waals surface area contributed by atoms with E-state index in [1.165, 1.54) is 30.7 Å². The van der Waals surface area contributed by atoms with Crippen molar-refractivity contribution in [3.8, 4) is 11.5 Å². The van der Waals surface area contributed by atoms with Gasteiger partial charge in [-0.25, -0.2) is 10.2 Å². The van der Waals surface area contributed by atoms with Crippen molar-refractivity contribution in [2.24, 2.45) is 10.8 Å². The molecule has 0 saturated carbocycles. The Morgan fingerprint density at radius 2 is 2.04 bits per heavy atom. The average molecular weight is 347 g/mol. The number of nitrogens with zero attached hydrogens (tertiary/aromatic N) is 1. The molecule has 0 aliphatic heterocycles. The first-order chi connectivity index (χ1) is 11.5. The van der Waals surface area contributed by atoms with Crippen LogP contribution in [-0.2, 0) is 9.59 Å². The van der Waals surface area contributed by atoms with Crippen LogP contribution in [0.4, 0.5) is 0 Å². The van der Waals surface area contributed by atoms with Crippen LogP contribution >= 0.6 is 11.3 Å². The smallest absolute Gasteiger partial charge is 0.353 e. The van der Waals surface area contributed by atoms with E-state index < -0.39 is 17.8 Å². The monoisotopic (exact) mass is 347 g/mol. The molecular formula is C15H13N3O5S. The summed E-state index contributed by atoms with van der Waals surface area (Å²) in [5.74, 6) is -2.10. The standard InChI is InChI=1S/C15H13N3O5S/c1-22-11-7-9(8-17-18-14(20)13(16)19)4-5-10(11)23-15(21)12-3-2-6-24-12/h2-8H,1H3,(H2,16,19)(H,18,20). The molecule has 0 aliphatic carbocycles. The van der Waals surface area contributed by atoms with Crippen LogP contribution in [0.2, 0.25) is 0 Å². The number of hydrazone groups is 1. The van der Waals surface area contributed by atoms with Crippen molar-refractivity contribution in [1.82, 2.24) is 5.43 Å². The molecule has 0 atom stereocenters. The number of thiophene rings is 1. The first-order valence-electron chi connectivity index (χ1n) is 6.58. The number of benzene rings is 1. The normalized spacial score (nSPS) is 10.4. The summed E-state index contributed by atoms with van der Waals surface area (Å²) in [5, 5.41) is 5.35. The number of amides is 2. The zero-order valence-electron chi connectivity index (χ0n) is 12.5. The molecule has 3 N–H and O–H groups in total. The highest BCUT2D eigenvalue weighted by molar-refractivity contribution is 7.12. The first kappa shape index (κ1) is 17.2. The molecule has 24 heavy (non-hydrogen) atoms. The van der Waals surface area contributed by atoms with Gasteiger partial charge in [-0.1, -0.05) is 6.07 Å². The summed E-state index contributed by atoms with van der Waals surface area (Å²) in [4.78, 5) is 33.9. The van der Waals surface area contributed by atoms with Gasteiger partial charge in [-0.15, -0.1) is 11.3 Å². The summed E-state index contributed by atoms with van der Waals surface area (Å²) in [6.45, 7) is 0. The number of primary amides is 1. The highest BCUT2D eigenvalue weighted by Gasteiger charge is 2.13. The molecule has 0 spiro atoms. The van der Waals surface area contributed by atoms with E-state index in [1.807, 2.05) is 5.43 Å². The van der Waals surface area contributed by atoms with Crippen molar-refractivity contribution in [3.63, 3.8) is 0 Å². The van der Waals surface area contributed by atoms with Gasteiger partial charge in [0, 0.05) is 0 Å². The fraction of sp³-hybridized carbons (Fsp3) is 0.0667.